The molecule has 0 bridgehead atoms. The summed E-state index contributed by atoms with van der Waals surface area (Å²) in [6, 6.07) is 15.5. The quantitative estimate of drug-likeness (QED) is 0.0963. The van der Waals surface area contributed by atoms with E-state index in [0.29, 0.717) is 24.2 Å². The van der Waals surface area contributed by atoms with E-state index in [2.05, 4.69) is 48.1 Å². The van der Waals surface area contributed by atoms with E-state index in [4.69, 9.17) is 0 Å². The average Bonchev–Trinajstić information content (AvgIpc) is 3.08. The number of carbonyl (C=O) groups excluding carboxylic acids is 2. The van der Waals surface area contributed by atoms with Crippen LogP contribution in [-0.4, -0.2) is 74.0 Å². The Morgan fingerprint density at radius 2 is 0.739 bits per heavy atom. The smallest absolute Gasteiger partial charge is 0.251 e. The number of hydrogen-bond acceptors (Lipinski definition) is 4. The Morgan fingerprint density at radius 1 is 0.435 bits per heavy atom. The van der Waals surface area contributed by atoms with Gasteiger partial charge in [-0.3, -0.25) is 9.59 Å². The summed E-state index contributed by atoms with van der Waals surface area (Å²) in [5.74, 6) is -0.0501. The molecular formula is C40H66N4O2. The van der Waals surface area contributed by atoms with Gasteiger partial charge in [-0.1, -0.05) is 116 Å². The normalized spacial score (nSPS) is 11.3. The van der Waals surface area contributed by atoms with E-state index in [1.165, 1.54) is 89.9 Å². The van der Waals surface area contributed by atoms with Crippen LogP contribution in [0.15, 0.2) is 48.5 Å². The zero-order valence-corrected chi connectivity index (χ0v) is 29.9. The topological polar surface area (TPSA) is 64.7 Å². The van der Waals surface area contributed by atoms with Crippen LogP contribution in [0, 0.1) is 0 Å². The lowest BCUT2D eigenvalue weighted by Gasteiger charge is -2.22. The van der Waals surface area contributed by atoms with Gasteiger partial charge in [0.2, 0.25) is 0 Å². The first kappa shape index (κ1) is 39.5. The predicted octanol–water partition coefficient (Wildman–Crippen LogP) is 8.96. The van der Waals surface area contributed by atoms with Crippen LogP contribution in [0.4, 0.5) is 0 Å². The van der Waals surface area contributed by atoms with Gasteiger partial charge in [0.15, 0.2) is 0 Å². The lowest BCUT2D eigenvalue weighted by molar-refractivity contribution is 0.0939. The zero-order chi connectivity index (χ0) is 33.2. The van der Waals surface area contributed by atoms with E-state index in [1.807, 2.05) is 48.5 Å². The Balaban J connectivity index is 1.81. The number of hydrogen-bond donors (Lipinski definition) is 2. The second kappa shape index (κ2) is 25.4. The van der Waals surface area contributed by atoms with Crippen molar-refractivity contribution in [1.29, 1.82) is 0 Å². The number of benzene rings is 2. The van der Waals surface area contributed by atoms with Gasteiger partial charge in [-0.25, -0.2) is 0 Å². The minimum atomic E-state index is -0.0250. The van der Waals surface area contributed by atoms with Gasteiger partial charge >= 0.3 is 0 Å². The largest absolute Gasteiger partial charge is 0.351 e. The van der Waals surface area contributed by atoms with Crippen LogP contribution in [0.2, 0.25) is 0 Å². The Hall–Kier alpha value is -2.70. The molecule has 0 aliphatic heterocycles. The van der Waals surface area contributed by atoms with Crippen molar-refractivity contribution in [3.8, 4) is 11.1 Å². The highest BCUT2D eigenvalue weighted by Crippen LogP contribution is 2.20. The molecule has 0 aromatic heterocycles. The molecule has 0 atom stereocenters. The van der Waals surface area contributed by atoms with E-state index in [0.717, 1.165) is 50.4 Å². The first-order chi connectivity index (χ1) is 22.5. The summed E-state index contributed by atoms with van der Waals surface area (Å²) >= 11 is 0. The van der Waals surface area contributed by atoms with Crippen LogP contribution in [0.3, 0.4) is 0 Å². The molecule has 0 aliphatic rings. The van der Waals surface area contributed by atoms with Crippen molar-refractivity contribution in [1.82, 2.24) is 20.4 Å². The highest BCUT2D eigenvalue weighted by Gasteiger charge is 2.11. The fourth-order valence-electron chi connectivity index (χ4n) is 5.85. The Labute approximate surface area is 282 Å². The van der Waals surface area contributed by atoms with Crippen LogP contribution in [0.1, 0.15) is 138 Å². The molecule has 2 N–H and O–H groups in total. The maximum absolute atomic E-state index is 12.8. The van der Waals surface area contributed by atoms with Crippen LogP contribution in [0.5, 0.6) is 0 Å². The minimum absolute atomic E-state index is 0.0250. The average molecular weight is 635 g/mol. The summed E-state index contributed by atoms with van der Waals surface area (Å²) in [5.41, 5.74) is 3.41. The lowest BCUT2D eigenvalue weighted by Crippen LogP contribution is -2.36. The van der Waals surface area contributed by atoms with Crippen molar-refractivity contribution in [3.63, 3.8) is 0 Å². The standard InChI is InChI=1S/C40H66N4O2/c1-5-9-13-17-31-43(29-15-11-7-3)33-27-41-39(45)37-23-19-35(20-24-37)36-21-25-38(26-22-36)40(46)42-28-34-44(30-16-12-8-4)32-18-14-10-6-2/h19-26H,5-18,27-34H2,1-4H3,(H,41,45)(H,42,46). The van der Waals surface area contributed by atoms with Gasteiger partial charge in [0.1, 0.15) is 0 Å². The van der Waals surface area contributed by atoms with Gasteiger partial charge in [0, 0.05) is 37.3 Å². The molecule has 0 radical (unpaired) electrons. The number of amides is 2. The predicted molar refractivity (Wildman–Crippen MR) is 197 cm³/mol. The van der Waals surface area contributed by atoms with E-state index in [1.54, 1.807) is 0 Å². The van der Waals surface area contributed by atoms with Crippen molar-refractivity contribution in [2.45, 2.75) is 118 Å². The molecule has 6 heteroatoms. The van der Waals surface area contributed by atoms with Crippen molar-refractivity contribution >= 4 is 11.8 Å². The number of unbranched alkanes of at least 4 members (excludes halogenated alkanes) is 10. The maximum Gasteiger partial charge on any atom is 0.251 e. The molecule has 2 aromatic carbocycles. The number of nitrogens with zero attached hydrogens (tertiary/aromatic N) is 2. The zero-order valence-electron chi connectivity index (χ0n) is 29.9. The van der Waals surface area contributed by atoms with Gasteiger partial charge in [0.05, 0.1) is 0 Å². The third-order valence-electron chi connectivity index (χ3n) is 8.87. The first-order valence-electron chi connectivity index (χ1n) is 18.7. The van der Waals surface area contributed by atoms with Crippen LogP contribution < -0.4 is 10.6 Å². The van der Waals surface area contributed by atoms with Crippen molar-refractivity contribution < 1.29 is 9.59 Å². The van der Waals surface area contributed by atoms with Gasteiger partial charge < -0.3 is 20.4 Å². The van der Waals surface area contributed by atoms with Crippen molar-refractivity contribution in [2.24, 2.45) is 0 Å². The molecule has 0 unspecified atom stereocenters. The molecule has 0 aliphatic carbocycles. The fourth-order valence-corrected chi connectivity index (χ4v) is 5.85. The number of nitrogens with one attached hydrogen (secondary N) is 2. The summed E-state index contributed by atoms with van der Waals surface area (Å²) in [4.78, 5) is 30.7. The van der Waals surface area contributed by atoms with E-state index in [9.17, 15) is 9.59 Å². The fraction of sp³-hybridized carbons (Fsp3) is 0.650. The van der Waals surface area contributed by atoms with Gasteiger partial charge in [0.25, 0.3) is 11.8 Å². The monoisotopic (exact) mass is 635 g/mol. The molecule has 0 spiro atoms. The molecule has 0 saturated heterocycles. The highest BCUT2D eigenvalue weighted by molar-refractivity contribution is 5.95. The molecular weight excluding hydrogens is 568 g/mol. The highest BCUT2D eigenvalue weighted by atomic mass is 16.2. The number of carbonyl (C=O) groups is 2. The van der Waals surface area contributed by atoms with E-state index >= 15 is 0 Å². The molecule has 0 saturated carbocycles. The molecule has 258 valence electrons. The van der Waals surface area contributed by atoms with Gasteiger partial charge in [-0.15, -0.1) is 0 Å². The van der Waals surface area contributed by atoms with Crippen molar-refractivity contribution in [3.05, 3.63) is 59.7 Å². The molecule has 46 heavy (non-hydrogen) atoms. The van der Waals surface area contributed by atoms with Crippen LogP contribution >= 0.6 is 0 Å². The lowest BCUT2D eigenvalue weighted by atomic mass is 10.0. The Morgan fingerprint density at radius 3 is 1.07 bits per heavy atom. The summed E-state index contributed by atoms with van der Waals surface area (Å²) in [5, 5.41) is 6.25. The summed E-state index contributed by atoms with van der Waals surface area (Å²) in [6.45, 7) is 16.6. The summed E-state index contributed by atoms with van der Waals surface area (Å²) in [6.07, 6.45) is 17.6. The van der Waals surface area contributed by atoms with Gasteiger partial charge in [-0.05, 0) is 87.3 Å². The Kier molecular flexibility index (Phi) is 21.8. The van der Waals surface area contributed by atoms with E-state index < -0.39 is 0 Å². The van der Waals surface area contributed by atoms with E-state index in [-0.39, 0.29) is 11.8 Å². The third-order valence-corrected chi connectivity index (χ3v) is 8.87. The second-order valence-corrected chi connectivity index (χ2v) is 12.9. The first-order valence-corrected chi connectivity index (χ1v) is 18.7. The molecule has 2 rings (SSSR count). The van der Waals surface area contributed by atoms with Gasteiger partial charge in [-0.2, -0.15) is 0 Å². The second-order valence-electron chi connectivity index (χ2n) is 12.9. The maximum atomic E-state index is 12.8. The third kappa shape index (κ3) is 16.7. The van der Waals surface area contributed by atoms with Crippen LogP contribution in [-0.2, 0) is 0 Å². The molecule has 2 aromatic rings. The Bertz CT molecular complexity index is 968. The summed E-state index contributed by atoms with van der Waals surface area (Å²) < 4.78 is 0. The van der Waals surface area contributed by atoms with Crippen LogP contribution in [0.25, 0.3) is 11.1 Å². The minimum Gasteiger partial charge on any atom is -0.351 e. The molecule has 6 nitrogen and oxygen atoms in total. The summed E-state index contributed by atoms with van der Waals surface area (Å²) in [7, 11) is 0. The molecule has 2 amide bonds. The van der Waals surface area contributed by atoms with Crippen molar-refractivity contribution in [2.75, 3.05) is 52.4 Å². The SMILES string of the molecule is CCCCCCN(CCCCC)CCNC(=O)c1ccc(-c2ccc(C(=O)NCCN(CCCCC)CCCCCC)cc2)cc1. The molecule has 0 fully saturated rings. The number of rotatable bonds is 27. The molecule has 0 heterocycles.